The van der Waals surface area contributed by atoms with Gasteiger partial charge in [-0.05, 0) is 25.0 Å². The van der Waals surface area contributed by atoms with Crippen LogP contribution in [0.2, 0.25) is 0 Å². The van der Waals surface area contributed by atoms with Crippen LogP contribution in [0.1, 0.15) is 36.0 Å². The van der Waals surface area contributed by atoms with E-state index in [2.05, 4.69) is 5.32 Å². The van der Waals surface area contributed by atoms with Gasteiger partial charge in [-0.25, -0.2) is 0 Å². The third-order valence-electron chi connectivity index (χ3n) is 3.85. The Hall–Kier alpha value is -2.24. The average Bonchev–Trinajstić information content (AvgIpc) is 2.86. The van der Waals surface area contributed by atoms with E-state index in [-0.39, 0.29) is 23.6 Å². The third-order valence-corrected chi connectivity index (χ3v) is 3.85. The summed E-state index contributed by atoms with van der Waals surface area (Å²) in [5, 5.41) is 31.0. The lowest BCUT2D eigenvalue weighted by molar-refractivity contribution is -0.148. The summed E-state index contributed by atoms with van der Waals surface area (Å²) < 4.78 is 0. The number of aliphatic carboxylic acids is 1. The fraction of sp³-hybridized carbons (Fsp3) is 0.429. The molecular formula is C14H17NO5. The first-order chi connectivity index (χ1) is 9.46. The maximum atomic E-state index is 12.0. The van der Waals surface area contributed by atoms with Crippen molar-refractivity contribution in [2.45, 2.75) is 25.7 Å². The van der Waals surface area contributed by atoms with Crippen molar-refractivity contribution in [1.82, 2.24) is 5.32 Å². The summed E-state index contributed by atoms with van der Waals surface area (Å²) in [5.74, 6) is -2.26. The Morgan fingerprint density at radius 1 is 1.15 bits per heavy atom. The first-order valence-corrected chi connectivity index (χ1v) is 6.49. The lowest BCUT2D eigenvalue weighted by atomic mass is 9.86. The fourth-order valence-corrected chi connectivity index (χ4v) is 2.62. The highest BCUT2D eigenvalue weighted by molar-refractivity contribution is 5.99. The topological polar surface area (TPSA) is 107 Å². The number of rotatable bonds is 4. The highest BCUT2D eigenvalue weighted by Gasteiger charge is 2.41. The molecule has 1 aliphatic carbocycles. The van der Waals surface area contributed by atoms with E-state index in [4.69, 9.17) is 0 Å². The Kier molecular flexibility index (Phi) is 3.83. The molecule has 1 aromatic rings. The van der Waals surface area contributed by atoms with Gasteiger partial charge in [0.2, 0.25) is 0 Å². The van der Waals surface area contributed by atoms with E-state index in [1.165, 1.54) is 18.2 Å². The van der Waals surface area contributed by atoms with Crippen molar-refractivity contribution in [2.75, 3.05) is 6.54 Å². The molecule has 108 valence electrons. The molecule has 0 aliphatic heterocycles. The monoisotopic (exact) mass is 279 g/mol. The van der Waals surface area contributed by atoms with Gasteiger partial charge in [-0.3, -0.25) is 9.59 Å². The molecule has 1 saturated carbocycles. The number of hydrogen-bond acceptors (Lipinski definition) is 4. The third kappa shape index (κ3) is 2.54. The van der Waals surface area contributed by atoms with E-state index in [1.54, 1.807) is 0 Å². The minimum atomic E-state index is -0.935. The van der Waals surface area contributed by atoms with Crippen LogP contribution in [-0.2, 0) is 4.79 Å². The summed E-state index contributed by atoms with van der Waals surface area (Å²) in [6.45, 7) is -0.00502. The lowest BCUT2D eigenvalue weighted by Gasteiger charge is -2.24. The molecule has 0 heterocycles. The van der Waals surface area contributed by atoms with Crippen LogP contribution in [0.5, 0.6) is 11.5 Å². The summed E-state index contributed by atoms with van der Waals surface area (Å²) in [5.41, 5.74) is -1.17. The molecule has 1 amide bonds. The van der Waals surface area contributed by atoms with Gasteiger partial charge in [0.05, 0.1) is 5.41 Å². The minimum Gasteiger partial charge on any atom is -0.507 e. The van der Waals surface area contributed by atoms with Crippen LogP contribution in [0.25, 0.3) is 0 Å². The molecule has 0 aromatic heterocycles. The van der Waals surface area contributed by atoms with E-state index >= 15 is 0 Å². The highest BCUT2D eigenvalue weighted by Crippen LogP contribution is 2.38. The van der Waals surface area contributed by atoms with E-state index in [1.807, 2.05) is 0 Å². The molecule has 0 unspecified atom stereocenters. The number of nitrogens with one attached hydrogen (secondary N) is 1. The van der Waals surface area contributed by atoms with Crippen LogP contribution in [0.15, 0.2) is 18.2 Å². The van der Waals surface area contributed by atoms with Crippen LogP contribution in [0.4, 0.5) is 0 Å². The molecule has 20 heavy (non-hydrogen) atoms. The zero-order chi connectivity index (χ0) is 14.8. The largest absolute Gasteiger partial charge is 0.507 e. The standard InChI is InChI=1S/C14H17NO5/c16-9-4-3-5-10(17)11(9)12(18)15-8-14(13(19)20)6-1-2-7-14/h3-5,16-17H,1-2,6-8H2,(H,15,18)(H,19,20). The minimum absolute atomic E-state index is 0.00502. The Morgan fingerprint density at radius 3 is 2.20 bits per heavy atom. The molecule has 0 radical (unpaired) electrons. The molecule has 6 nitrogen and oxygen atoms in total. The number of phenolic OH excluding ortho intramolecular Hbond substituents is 2. The fourth-order valence-electron chi connectivity index (χ4n) is 2.62. The van der Waals surface area contributed by atoms with Gasteiger partial charge in [0.1, 0.15) is 17.1 Å². The Morgan fingerprint density at radius 2 is 1.70 bits per heavy atom. The zero-order valence-electron chi connectivity index (χ0n) is 10.9. The lowest BCUT2D eigenvalue weighted by Crippen LogP contribution is -2.41. The number of benzene rings is 1. The van der Waals surface area contributed by atoms with Crippen molar-refractivity contribution in [1.29, 1.82) is 0 Å². The number of phenols is 2. The van der Waals surface area contributed by atoms with Gasteiger partial charge in [-0.1, -0.05) is 18.9 Å². The van der Waals surface area contributed by atoms with Crippen LogP contribution in [-0.4, -0.2) is 33.7 Å². The molecular weight excluding hydrogens is 262 g/mol. The normalized spacial score (nSPS) is 16.8. The van der Waals surface area contributed by atoms with Gasteiger partial charge in [0.15, 0.2) is 0 Å². The number of amides is 1. The molecule has 0 bridgehead atoms. The van der Waals surface area contributed by atoms with Crippen molar-refractivity contribution in [3.05, 3.63) is 23.8 Å². The summed E-state index contributed by atoms with van der Waals surface area (Å²) >= 11 is 0. The summed E-state index contributed by atoms with van der Waals surface area (Å²) in [6.07, 6.45) is 2.69. The van der Waals surface area contributed by atoms with E-state index in [0.29, 0.717) is 12.8 Å². The van der Waals surface area contributed by atoms with Gasteiger partial charge in [-0.15, -0.1) is 0 Å². The number of carboxylic acids is 1. The molecule has 1 aromatic carbocycles. The first-order valence-electron chi connectivity index (χ1n) is 6.49. The van der Waals surface area contributed by atoms with Crippen molar-refractivity contribution in [3.8, 4) is 11.5 Å². The second kappa shape index (κ2) is 5.40. The van der Waals surface area contributed by atoms with Crippen LogP contribution < -0.4 is 5.32 Å². The van der Waals surface area contributed by atoms with E-state index in [0.717, 1.165) is 12.8 Å². The first kappa shape index (κ1) is 14.2. The van der Waals surface area contributed by atoms with Crippen molar-refractivity contribution in [3.63, 3.8) is 0 Å². The Labute approximate surface area is 116 Å². The molecule has 2 rings (SSSR count). The molecule has 6 heteroatoms. The SMILES string of the molecule is O=C(NCC1(C(=O)O)CCCC1)c1c(O)cccc1O. The summed E-state index contributed by atoms with van der Waals surface area (Å²) in [4.78, 5) is 23.3. The van der Waals surface area contributed by atoms with Gasteiger partial charge >= 0.3 is 5.97 Å². The predicted molar refractivity (Wildman–Crippen MR) is 70.6 cm³/mol. The smallest absolute Gasteiger partial charge is 0.311 e. The maximum absolute atomic E-state index is 12.0. The summed E-state index contributed by atoms with van der Waals surface area (Å²) in [7, 11) is 0. The van der Waals surface area contributed by atoms with Crippen molar-refractivity contribution in [2.24, 2.45) is 5.41 Å². The number of carboxylic acid groups (broad SMARTS) is 1. The summed E-state index contributed by atoms with van der Waals surface area (Å²) in [6, 6.07) is 3.99. The zero-order valence-corrected chi connectivity index (χ0v) is 10.9. The number of carbonyl (C=O) groups excluding carboxylic acids is 1. The van der Waals surface area contributed by atoms with Crippen LogP contribution in [0.3, 0.4) is 0 Å². The molecule has 1 aliphatic rings. The molecule has 4 N–H and O–H groups in total. The maximum Gasteiger partial charge on any atom is 0.311 e. The molecule has 0 spiro atoms. The van der Waals surface area contributed by atoms with E-state index < -0.39 is 17.3 Å². The van der Waals surface area contributed by atoms with Gasteiger partial charge in [-0.2, -0.15) is 0 Å². The predicted octanol–water partition coefficient (Wildman–Crippen LogP) is 1.47. The number of hydrogen-bond donors (Lipinski definition) is 4. The molecule has 0 saturated heterocycles. The van der Waals surface area contributed by atoms with Crippen LogP contribution in [0, 0.1) is 5.41 Å². The quantitative estimate of drug-likeness (QED) is 0.667. The number of carbonyl (C=O) groups is 2. The van der Waals surface area contributed by atoms with Gasteiger partial charge < -0.3 is 20.6 Å². The van der Waals surface area contributed by atoms with Crippen molar-refractivity contribution < 1.29 is 24.9 Å². The second-order valence-corrected chi connectivity index (χ2v) is 5.15. The number of aromatic hydroxyl groups is 2. The highest BCUT2D eigenvalue weighted by atomic mass is 16.4. The van der Waals surface area contributed by atoms with E-state index in [9.17, 15) is 24.9 Å². The molecule has 1 fully saturated rings. The second-order valence-electron chi connectivity index (χ2n) is 5.15. The average molecular weight is 279 g/mol. The van der Waals surface area contributed by atoms with Crippen molar-refractivity contribution >= 4 is 11.9 Å². The Balaban J connectivity index is 2.11. The van der Waals surface area contributed by atoms with Gasteiger partial charge in [0.25, 0.3) is 5.91 Å². The Bertz CT molecular complexity index is 514. The van der Waals surface area contributed by atoms with Gasteiger partial charge in [0, 0.05) is 6.54 Å². The molecule has 0 atom stereocenters. The van der Waals surface area contributed by atoms with Crippen LogP contribution >= 0.6 is 0 Å².